The molecule has 0 saturated heterocycles. The number of benzene rings is 1. The molecule has 12 heteroatoms. The first-order valence-corrected chi connectivity index (χ1v) is 11.4. The van der Waals surface area contributed by atoms with E-state index in [1.54, 1.807) is 21.4 Å². The normalized spacial score (nSPS) is 11.0. The maximum absolute atomic E-state index is 13.9. The summed E-state index contributed by atoms with van der Waals surface area (Å²) in [6.07, 6.45) is 0.807. The fourth-order valence-corrected chi connectivity index (χ4v) is 4.67. The number of nitrogens with one attached hydrogen (secondary N) is 1. The fraction of sp³-hybridized carbons (Fsp3) is 0.167. The number of thiazole rings is 1. The van der Waals surface area contributed by atoms with Gasteiger partial charge in [0.05, 0.1) is 18.0 Å². The molecular weight excluding hydrogens is 450 g/mol. The second-order valence-corrected chi connectivity index (χ2v) is 8.85. The Kier molecular flexibility index (Phi) is 6.45. The topological polar surface area (TPSA) is 85.6 Å². The van der Waals surface area contributed by atoms with Gasteiger partial charge >= 0.3 is 0 Å². The lowest BCUT2D eigenvalue weighted by atomic mass is 10.1. The molecule has 0 aliphatic rings. The van der Waals surface area contributed by atoms with Crippen molar-refractivity contribution in [2.75, 3.05) is 11.1 Å². The number of thiophene rings is 1. The van der Waals surface area contributed by atoms with Gasteiger partial charge in [-0.05, 0) is 40.1 Å². The highest BCUT2D eigenvalue weighted by Crippen LogP contribution is 2.28. The van der Waals surface area contributed by atoms with Crippen molar-refractivity contribution in [3.05, 3.63) is 57.6 Å². The van der Waals surface area contributed by atoms with Gasteiger partial charge in [0.25, 0.3) is 0 Å². The van der Waals surface area contributed by atoms with Crippen LogP contribution in [0.15, 0.2) is 46.2 Å². The van der Waals surface area contributed by atoms with E-state index in [1.165, 1.54) is 16.6 Å². The Bertz CT molecular complexity index is 1140. The summed E-state index contributed by atoms with van der Waals surface area (Å²) < 4.78 is 28.9. The maximum Gasteiger partial charge on any atom is 0.236 e. The third kappa shape index (κ3) is 5.07. The van der Waals surface area contributed by atoms with E-state index in [0.29, 0.717) is 16.8 Å². The van der Waals surface area contributed by atoms with Crippen LogP contribution in [0.1, 0.15) is 4.88 Å². The number of carbonyl (C=O) groups excluding carboxylic acids is 1. The van der Waals surface area contributed by atoms with Gasteiger partial charge in [-0.25, -0.2) is 18.4 Å². The summed E-state index contributed by atoms with van der Waals surface area (Å²) in [5.41, 5.74) is 0.309. The van der Waals surface area contributed by atoms with Crippen LogP contribution >= 0.6 is 34.4 Å². The van der Waals surface area contributed by atoms with E-state index in [9.17, 15) is 13.6 Å². The predicted octanol–water partition coefficient (Wildman–Crippen LogP) is 4.11. The summed E-state index contributed by atoms with van der Waals surface area (Å²) in [4.78, 5) is 17.7. The van der Waals surface area contributed by atoms with E-state index in [-0.39, 0.29) is 22.9 Å². The SMILES string of the molecule is O=C(CSc1nnnn1CCc1cccs1)Nc1nc(-c2cc(F)ccc2F)cs1. The van der Waals surface area contributed by atoms with Crippen LogP contribution in [-0.4, -0.2) is 36.9 Å². The number of aryl methyl sites for hydroxylation is 2. The predicted molar refractivity (Wildman–Crippen MR) is 113 cm³/mol. The van der Waals surface area contributed by atoms with Crippen LogP contribution in [0.5, 0.6) is 0 Å². The number of hydrogen-bond acceptors (Lipinski definition) is 8. The van der Waals surface area contributed by atoms with Crippen molar-refractivity contribution in [1.29, 1.82) is 0 Å². The minimum atomic E-state index is -0.579. The van der Waals surface area contributed by atoms with Crippen molar-refractivity contribution >= 4 is 45.5 Å². The van der Waals surface area contributed by atoms with Gasteiger partial charge in [-0.1, -0.05) is 17.8 Å². The number of amides is 1. The molecule has 3 aromatic heterocycles. The van der Waals surface area contributed by atoms with E-state index < -0.39 is 11.6 Å². The molecule has 154 valence electrons. The molecule has 0 unspecified atom stereocenters. The first kappa shape index (κ1) is 20.6. The molecule has 0 aliphatic carbocycles. The van der Waals surface area contributed by atoms with Crippen LogP contribution in [0.2, 0.25) is 0 Å². The smallest absolute Gasteiger partial charge is 0.236 e. The van der Waals surface area contributed by atoms with Gasteiger partial charge in [0, 0.05) is 22.2 Å². The lowest BCUT2D eigenvalue weighted by molar-refractivity contribution is -0.113. The van der Waals surface area contributed by atoms with Crippen molar-refractivity contribution in [3.63, 3.8) is 0 Å². The van der Waals surface area contributed by atoms with Crippen molar-refractivity contribution in [2.45, 2.75) is 18.1 Å². The van der Waals surface area contributed by atoms with E-state index in [4.69, 9.17) is 0 Å². The maximum atomic E-state index is 13.9. The van der Waals surface area contributed by atoms with E-state index in [2.05, 4.69) is 25.8 Å². The Hall–Kier alpha value is -2.70. The number of rotatable bonds is 8. The van der Waals surface area contributed by atoms with Gasteiger partial charge in [-0.15, -0.1) is 27.8 Å². The molecule has 7 nitrogen and oxygen atoms in total. The molecule has 0 atom stereocenters. The monoisotopic (exact) mass is 464 g/mol. The highest BCUT2D eigenvalue weighted by molar-refractivity contribution is 7.99. The van der Waals surface area contributed by atoms with Crippen LogP contribution in [0, 0.1) is 11.6 Å². The largest absolute Gasteiger partial charge is 0.301 e. The molecule has 0 saturated carbocycles. The Morgan fingerprint density at radius 2 is 2.13 bits per heavy atom. The number of hydrogen-bond donors (Lipinski definition) is 1. The molecule has 1 N–H and O–H groups in total. The summed E-state index contributed by atoms with van der Waals surface area (Å²) in [5.74, 6) is -1.35. The standard InChI is InChI=1S/C18H14F2N6OS3/c19-11-3-4-14(20)13(8-11)15-9-29-17(21-15)22-16(27)10-30-18-23-24-25-26(18)6-5-12-2-1-7-28-12/h1-4,7-9H,5-6,10H2,(H,21,22,27). The minimum absolute atomic E-state index is 0.0473. The van der Waals surface area contributed by atoms with Crippen LogP contribution in [0.3, 0.4) is 0 Å². The molecule has 0 radical (unpaired) electrons. The lowest BCUT2D eigenvalue weighted by Crippen LogP contribution is -2.14. The highest BCUT2D eigenvalue weighted by Gasteiger charge is 2.14. The van der Waals surface area contributed by atoms with Crippen molar-refractivity contribution in [2.24, 2.45) is 0 Å². The van der Waals surface area contributed by atoms with Crippen LogP contribution in [-0.2, 0) is 17.8 Å². The van der Waals surface area contributed by atoms with E-state index in [0.717, 1.165) is 36.0 Å². The number of halogens is 2. The number of thioether (sulfide) groups is 1. The van der Waals surface area contributed by atoms with Gasteiger partial charge < -0.3 is 5.32 Å². The second-order valence-electron chi connectivity index (χ2n) is 6.01. The number of carbonyl (C=O) groups is 1. The number of aromatic nitrogens is 5. The van der Waals surface area contributed by atoms with Crippen molar-refractivity contribution in [1.82, 2.24) is 25.2 Å². The fourth-order valence-electron chi connectivity index (χ4n) is 2.55. The lowest BCUT2D eigenvalue weighted by Gasteiger charge is -2.04. The molecule has 0 aliphatic heterocycles. The summed E-state index contributed by atoms with van der Waals surface area (Å²) in [6, 6.07) is 7.20. The molecule has 0 fully saturated rings. The van der Waals surface area contributed by atoms with Gasteiger partial charge in [0.15, 0.2) is 5.13 Å². The number of nitrogens with zero attached hydrogens (tertiary/aromatic N) is 5. The average molecular weight is 465 g/mol. The van der Waals surface area contributed by atoms with Gasteiger partial charge in [0.2, 0.25) is 11.1 Å². The summed E-state index contributed by atoms with van der Waals surface area (Å²) in [7, 11) is 0. The summed E-state index contributed by atoms with van der Waals surface area (Å²) in [6.45, 7) is 0.618. The molecule has 3 heterocycles. The van der Waals surface area contributed by atoms with Gasteiger partial charge in [0.1, 0.15) is 11.6 Å². The number of anilines is 1. The molecule has 1 aromatic carbocycles. The first-order chi connectivity index (χ1) is 14.6. The van der Waals surface area contributed by atoms with Gasteiger partial charge in [-0.2, -0.15) is 0 Å². The quantitative estimate of drug-likeness (QED) is 0.395. The Labute approximate surface area is 182 Å². The Morgan fingerprint density at radius 3 is 2.97 bits per heavy atom. The van der Waals surface area contributed by atoms with Crippen LogP contribution < -0.4 is 5.32 Å². The zero-order valence-electron chi connectivity index (χ0n) is 15.3. The molecule has 1 amide bonds. The van der Waals surface area contributed by atoms with Gasteiger partial charge in [-0.3, -0.25) is 4.79 Å². The second kappa shape index (κ2) is 9.41. The van der Waals surface area contributed by atoms with Crippen LogP contribution in [0.4, 0.5) is 13.9 Å². The molecule has 0 spiro atoms. The summed E-state index contributed by atoms with van der Waals surface area (Å²) >= 11 is 4.02. The zero-order chi connectivity index (χ0) is 20.9. The minimum Gasteiger partial charge on any atom is -0.301 e. The number of tetrazole rings is 1. The third-order valence-corrected chi connectivity index (χ3v) is 6.59. The van der Waals surface area contributed by atoms with Crippen LogP contribution in [0.25, 0.3) is 11.3 Å². The average Bonchev–Trinajstić information content (AvgIpc) is 3.48. The highest BCUT2D eigenvalue weighted by atomic mass is 32.2. The van der Waals surface area contributed by atoms with E-state index in [1.807, 2.05) is 17.5 Å². The Balaban J connectivity index is 1.32. The third-order valence-electron chi connectivity index (χ3n) is 3.94. The zero-order valence-corrected chi connectivity index (χ0v) is 17.7. The molecule has 0 bridgehead atoms. The molecule has 4 rings (SSSR count). The Morgan fingerprint density at radius 1 is 1.23 bits per heavy atom. The molecular formula is C18H14F2N6OS3. The summed E-state index contributed by atoms with van der Waals surface area (Å²) in [5, 5.41) is 18.7. The van der Waals surface area contributed by atoms with Crippen molar-refractivity contribution in [3.8, 4) is 11.3 Å². The molecule has 30 heavy (non-hydrogen) atoms. The molecule has 4 aromatic rings. The van der Waals surface area contributed by atoms with Crippen molar-refractivity contribution < 1.29 is 13.6 Å². The first-order valence-electron chi connectivity index (χ1n) is 8.70. The van der Waals surface area contributed by atoms with E-state index >= 15 is 0 Å².